The van der Waals surface area contributed by atoms with Gasteiger partial charge in [-0.2, -0.15) is 0 Å². The van der Waals surface area contributed by atoms with Gasteiger partial charge in [0.15, 0.2) is 0 Å². The lowest BCUT2D eigenvalue weighted by Crippen LogP contribution is -2.59. The highest BCUT2D eigenvalue weighted by atomic mass is 16.5. The summed E-state index contributed by atoms with van der Waals surface area (Å²) in [6.07, 6.45) is 17.8. The summed E-state index contributed by atoms with van der Waals surface area (Å²) in [4.78, 5) is 11.9. The van der Waals surface area contributed by atoms with Crippen LogP contribution in [0.15, 0.2) is 89.1 Å². The number of hydrogen-bond acceptors (Lipinski definition) is 5. The molecule has 248 valence electrons. The average molecular weight is 627 g/mol. The first-order valence-electron chi connectivity index (χ1n) is 17.2. The van der Waals surface area contributed by atoms with Gasteiger partial charge < -0.3 is 20.1 Å². The number of allylic oxidation sites excluding steroid dienone is 8. The first kappa shape index (κ1) is 35.8. The van der Waals surface area contributed by atoms with Crippen molar-refractivity contribution in [3.05, 3.63) is 94.6 Å². The van der Waals surface area contributed by atoms with Gasteiger partial charge in [-0.15, -0.1) is 0 Å². The van der Waals surface area contributed by atoms with E-state index in [0.29, 0.717) is 57.3 Å². The Morgan fingerprint density at radius 3 is 2.70 bits per heavy atom. The molecule has 1 aromatic rings. The molecular formula is C41H54O5. The van der Waals surface area contributed by atoms with Crippen LogP contribution in [0.5, 0.6) is 0 Å². The van der Waals surface area contributed by atoms with E-state index in [1.54, 1.807) is 0 Å². The number of benzene rings is 1. The molecule has 0 aromatic heterocycles. The topological polar surface area (TPSA) is 87.0 Å². The average Bonchev–Trinajstić information content (AvgIpc) is 3.39. The number of carbonyl (C=O) groups is 1. The van der Waals surface area contributed by atoms with E-state index >= 15 is 0 Å². The Kier molecular flexibility index (Phi) is 13.4. The van der Waals surface area contributed by atoms with Gasteiger partial charge in [0.2, 0.25) is 0 Å². The second-order valence-corrected chi connectivity index (χ2v) is 13.7. The fraction of sp³-hybridized carbons (Fsp3) is 0.537. The molecule has 1 heterocycles. The summed E-state index contributed by atoms with van der Waals surface area (Å²) >= 11 is 0. The van der Waals surface area contributed by atoms with Gasteiger partial charge >= 0.3 is 0 Å². The fourth-order valence-electron chi connectivity index (χ4n) is 8.17. The maximum absolute atomic E-state index is 12.2. The van der Waals surface area contributed by atoms with Gasteiger partial charge in [0, 0.05) is 24.4 Å². The van der Waals surface area contributed by atoms with Crippen molar-refractivity contribution in [3.8, 4) is 11.8 Å². The molecule has 0 bridgehead atoms. The van der Waals surface area contributed by atoms with Crippen molar-refractivity contribution >= 4 is 6.29 Å². The third-order valence-corrected chi connectivity index (χ3v) is 10.7. The highest BCUT2D eigenvalue weighted by Gasteiger charge is 2.63. The molecule has 5 atom stereocenters. The second-order valence-electron chi connectivity index (χ2n) is 13.7. The van der Waals surface area contributed by atoms with Gasteiger partial charge in [-0.3, -0.25) is 4.79 Å². The van der Waals surface area contributed by atoms with Crippen LogP contribution in [-0.4, -0.2) is 53.1 Å². The molecule has 0 saturated heterocycles. The Bertz CT molecular complexity index is 1370. The lowest BCUT2D eigenvalue weighted by molar-refractivity contribution is -0.167. The SMILES string of the molecule is C=C1/C=C/C=C(/[C@H]2CC[C@@]3([C@H](CCCO)/C(=C(\C)C=O)CC[C@@]3(C)O)[C@@H]2O)COCC#CC/C(CCCc2ccccc2)=C/CC1. The number of aldehydes is 1. The van der Waals surface area contributed by atoms with E-state index in [1.165, 1.54) is 11.1 Å². The minimum absolute atomic E-state index is 0.0288. The summed E-state index contributed by atoms with van der Waals surface area (Å²) < 4.78 is 6.10. The molecule has 2 saturated carbocycles. The van der Waals surface area contributed by atoms with Gasteiger partial charge in [0.05, 0.1) is 18.3 Å². The molecule has 0 unspecified atom stereocenters. The van der Waals surface area contributed by atoms with Crippen LogP contribution in [0.4, 0.5) is 0 Å². The number of rotatable bonds is 9. The molecule has 46 heavy (non-hydrogen) atoms. The summed E-state index contributed by atoms with van der Waals surface area (Å²) in [5, 5.41) is 33.9. The lowest BCUT2D eigenvalue weighted by atomic mass is 9.52. The minimum Gasteiger partial charge on any atom is -0.396 e. The Labute approximate surface area is 276 Å². The van der Waals surface area contributed by atoms with E-state index < -0.39 is 17.1 Å². The highest BCUT2D eigenvalue weighted by Crippen LogP contribution is 2.63. The van der Waals surface area contributed by atoms with Crippen molar-refractivity contribution in [1.29, 1.82) is 0 Å². The van der Waals surface area contributed by atoms with E-state index in [0.717, 1.165) is 61.5 Å². The number of ether oxygens (including phenoxy) is 1. The van der Waals surface area contributed by atoms with Crippen molar-refractivity contribution in [2.24, 2.45) is 17.3 Å². The summed E-state index contributed by atoms with van der Waals surface area (Å²) in [5.41, 5.74) is 4.50. The first-order chi connectivity index (χ1) is 22.2. The smallest absolute Gasteiger partial charge is 0.145 e. The largest absolute Gasteiger partial charge is 0.396 e. The van der Waals surface area contributed by atoms with E-state index in [4.69, 9.17) is 4.74 Å². The van der Waals surface area contributed by atoms with Gasteiger partial charge in [0.25, 0.3) is 0 Å². The van der Waals surface area contributed by atoms with Crippen LogP contribution >= 0.6 is 0 Å². The number of aliphatic hydroxyl groups excluding tert-OH is 2. The molecule has 5 nitrogen and oxygen atoms in total. The second kappa shape index (κ2) is 17.2. The zero-order valence-electron chi connectivity index (χ0n) is 28.0. The number of carbonyl (C=O) groups excluding carboxylic acids is 1. The van der Waals surface area contributed by atoms with Gasteiger partial charge in [-0.25, -0.2) is 0 Å². The number of aryl methyl sites for hydroxylation is 1. The molecule has 0 radical (unpaired) electrons. The zero-order chi connectivity index (χ0) is 33.0. The van der Waals surface area contributed by atoms with Crippen LogP contribution in [-0.2, 0) is 16.0 Å². The van der Waals surface area contributed by atoms with E-state index in [1.807, 2.05) is 32.1 Å². The maximum atomic E-state index is 12.2. The first-order valence-corrected chi connectivity index (χ1v) is 17.2. The van der Waals surface area contributed by atoms with E-state index in [9.17, 15) is 20.1 Å². The summed E-state index contributed by atoms with van der Waals surface area (Å²) in [5.74, 6) is 6.14. The highest BCUT2D eigenvalue weighted by molar-refractivity contribution is 5.74. The molecule has 3 N–H and O–H groups in total. The molecule has 5 heteroatoms. The van der Waals surface area contributed by atoms with Crippen LogP contribution in [0.25, 0.3) is 0 Å². The Balaban J connectivity index is 1.51. The number of aliphatic hydroxyl groups is 3. The van der Waals surface area contributed by atoms with Crippen LogP contribution in [0.2, 0.25) is 0 Å². The van der Waals surface area contributed by atoms with Crippen LogP contribution < -0.4 is 0 Å². The molecule has 1 aromatic carbocycles. The van der Waals surface area contributed by atoms with Crippen LogP contribution in [0.3, 0.4) is 0 Å². The summed E-state index contributed by atoms with van der Waals surface area (Å²) in [7, 11) is 0. The van der Waals surface area contributed by atoms with Crippen molar-refractivity contribution in [2.75, 3.05) is 19.8 Å². The monoisotopic (exact) mass is 626 g/mol. The predicted octanol–water partition coefficient (Wildman–Crippen LogP) is 7.38. The molecule has 0 amide bonds. The van der Waals surface area contributed by atoms with Crippen LogP contribution in [0.1, 0.15) is 90.0 Å². The third kappa shape index (κ3) is 8.66. The molecule has 2 fully saturated rings. The molecule has 1 spiro atoms. The van der Waals surface area contributed by atoms with Gasteiger partial charge in [0.1, 0.15) is 12.9 Å². The Hall–Kier alpha value is -3.01. The van der Waals surface area contributed by atoms with Crippen molar-refractivity contribution in [2.45, 2.75) is 103 Å². The van der Waals surface area contributed by atoms with Gasteiger partial charge in [-0.1, -0.05) is 89.8 Å². The van der Waals surface area contributed by atoms with Crippen molar-refractivity contribution < 1.29 is 24.9 Å². The Morgan fingerprint density at radius 1 is 1.13 bits per heavy atom. The molecular weight excluding hydrogens is 572 g/mol. The molecule has 4 rings (SSSR count). The van der Waals surface area contributed by atoms with Gasteiger partial charge in [-0.05, 0) is 107 Å². The minimum atomic E-state index is -1.11. The molecule has 1 aliphatic heterocycles. The Morgan fingerprint density at radius 2 is 1.93 bits per heavy atom. The molecule has 3 aliphatic rings. The normalized spacial score (nSPS) is 33.4. The quantitative estimate of drug-likeness (QED) is 0.115. The predicted molar refractivity (Wildman–Crippen MR) is 186 cm³/mol. The van der Waals surface area contributed by atoms with Crippen LogP contribution in [0, 0.1) is 29.1 Å². The zero-order valence-corrected chi connectivity index (χ0v) is 28.0. The standard InChI is InChI=1S/C41H54O5/c1-31-13-9-18-34(20-11-19-33-15-5-4-6-16-33)17-7-8-28-46-30-35(21-10-14-31)37-24-26-41(39(37)44)38(22-12-27-42)36(32(2)29-43)23-25-40(41,3)45/h4-6,10,14-16,18,21,29,37-39,42,44-45H,1,9,11-13,17,19-20,22-28,30H2,2-3H3/b14-10+,34-18-,35-21+,36-32+/t37-,38-,39-,40-,41-/m1/s1. The third-order valence-electron chi connectivity index (χ3n) is 10.7. The van der Waals surface area contributed by atoms with Crippen molar-refractivity contribution in [3.63, 3.8) is 0 Å². The number of hydrogen-bond donors (Lipinski definition) is 3. The summed E-state index contributed by atoms with van der Waals surface area (Å²) in [6.45, 7) is 8.64. The maximum Gasteiger partial charge on any atom is 0.145 e. The van der Waals surface area contributed by atoms with E-state index in [-0.39, 0.29) is 18.4 Å². The fourth-order valence-corrected chi connectivity index (χ4v) is 8.17. The lowest BCUT2D eigenvalue weighted by Gasteiger charge is -2.55. The van der Waals surface area contributed by atoms with E-state index in [2.05, 4.69) is 54.8 Å². The summed E-state index contributed by atoms with van der Waals surface area (Å²) in [6, 6.07) is 10.6. The molecule has 2 aliphatic carbocycles. The van der Waals surface area contributed by atoms with Crippen molar-refractivity contribution in [1.82, 2.24) is 0 Å².